The molecule has 23 heavy (non-hydrogen) atoms. The van der Waals surface area contributed by atoms with Crippen LogP contribution in [0.25, 0.3) is 0 Å². The van der Waals surface area contributed by atoms with Crippen molar-refractivity contribution in [2.45, 2.75) is 6.18 Å². The summed E-state index contributed by atoms with van der Waals surface area (Å²) in [5.41, 5.74) is -2.10. The van der Waals surface area contributed by atoms with E-state index >= 15 is 0 Å². The lowest BCUT2D eigenvalue weighted by atomic mass is 10.1. The van der Waals surface area contributed by atoms with Gasteiger partial charge in [-0.2, -0.15) is 13.2 Å². The van der Waals surface area contributed by atoms with Crippen LogP contribution in [0.2, 0.25) is 5.02 Å². The lowest BCUT2D eigenvalue weighted by molar-refractivity contribution is -0.137. The van der Waals surface area contributed by atoms with E-state index in [1.165, 1.54) is 24.3 Å². The van der Waals surface area contributed by atoms with Crippen molar-refractivity contribution in [3.63, 3.8) is 0 Å². The van der Waals surface area contributed by atoms with Gasteiger partial charge in [0, 0.05) is 0 Å². The number of benzene rings is 2. The normalized spacial score (nSPS) is 14.4. The predicted octanol–water partition coefficient (Wildman–Crippen LogP) is 4.30. The van der Waals surface area contributed by atoms with Crippen molar-refractivity contribution in [3.05, 3.63) is 63.9 Å². The van der Waals surface area contributed by atoms with Crippen LogP contribution < -0.4 is 4.90 Å². The Bertz CT molecular complexity index is 813. The molecule has 118 valence electrons. The molecule has 0 fully saturated rings. The van der Waals surface area contributed by atoms with E-state index in [1.807, 2.05) is 0 Å². The third kappa shape index (κ3) is 2.37. The first-order valence-corrected chi connectivity index (χ1v) is 6.63. The average Bonchev–Trinajstić information content (AvgIpc) is 2.73. The molecule has 8 heteroatoms. The van der Waals surface area contributed by atoms with Gasteiger partial charge in [-0.05, 0) is 24.3 Å². The van der Waals surface area contributed by atoms with Gasteiger partial charge in [-0.15, -0.1) is 0 Å². The summed E-state index contributed by atoms with van der Waals surface area (Å²) in [7, 11) is 0. The monoisotopic (exact) mass is 343 g/mol. The molecular formula is C15H6ClF4NO2. The Morgan fingerprint density at radius 2 is 1.48 bits per heavy atom. The summed E-state index contributed by atoms with van der Waals surface area (Å²) in [6.45, 7) is 0. The molecule has 0 saturated heterocycles. The Morgan fingerprint density at radius 1 is 0.957 bits per heavy atom. The van der Waals surface area contributed by atoms with Crippen molar-refractivity contribution in [1.82, 2.24) is 0 Å². The lowest BCUT2D eigenvalue weighted by Gasteiger charge is -2.18. The lowest BCUT2D eigenvalue weighted by Crippen LogP contribution is -2.30. The van der Waals surface area contributed by atoms with Gasteiger partial charge in [0.15, 0.2) is 5.82 Å². The van der Waals surface area contributed by atoms with Crippen LogP contribution in [0.1, 0.15) is 26.3 Å². The van der Waals surface area contributed by atoms with Crippen LogP contribution in [-0.2, 0) is 6.18 Å². The van der Waals surface area contributed by atoms with Gasteiger partial charge in [0.2, 0.25) is 0 Å². The number of carbonyl (C=O) groups is 2. The minimum atomic E-state index is -4.80. The summed E-state index contributed by atoms with van der Waals surface area (Å²) in [5.74, 6) is -3.08. The molecule has 1 heterocycles. The molecule has 0 aromatic heterocycles. The number of hydrogen-bond acceptors (Lipinski definition) is 2. The summed E-state index contributed by atoms with van der Waals surface area (Å²) < 4.78 is 52.7. The van der Waals surface area contributed by atoms with Crippen LogP contribution in [0.4, 0.5) is 23.2 Å². The van der Waals surface area contributed by atoms with E-state index in [0.29, 0.717) is 17.0 Å². The van der Waals surface area contributed by atoms with Gasteiger partial charge in [-0.1, -0.05) is 23.7 Å². The highest BCUT2D eigenvalue weighted by Crippen LogP contribution is 2.38. The van der Waals surface area contributed by atoms with E-state index in [1.54, 1.807) is 0 Å². The van der Waals surface area contributed by atoms with Crippen molar-refractivity contribution >= 4 is 29.1 Å². The third-order valence-corrected chi connectivity index (χ3v) is 3.65. The number of nitrogens with zero attached hydrogens (tertiary/aromatic N) is 1. The van der Waals surface area contributed by atoms with E-state index in [-0.39, 0.29) is 11.1 Å². The van der Waals surface area contributed by atoms with Crippen molar-refractivity contribution in [2.75, 3.05) is 4.90 Å². The van der Waals surface area contributed by atoms with E-state index < -0.39 is 40.1 Å². The molecule has 0 unspecified atom stereocenters. The predicted molar refractivity (Wildman–Crippen MR) is 74.0 cm³/mol. The topological polar surface area (TPSA) is 37.4 Å². The summed E-state index contributed by atoms with van der Waals surface area (Å²) in [6, 6.07) is 6.44. The van der Waals surface area contributed by atoms with Gasteiger partial charge < -0.3 is 0 Å². The second-order valence-corrected chi connectivity index (χ2v) is 5.19. The van der Waals surface area contributed by atoms with Crippen molar-refractivity contribution in [3.8, 4) is 0 Å². The minimum absolute atomic E-state index is 0.00886. The van der Waals surface area contributed by atoms with Crippen molar-refractivity contribution in [1.29, 1.82) is 0 Å². The Balaban J connectivity index is 2.19. The molecule has 0 N–H and O–H groups in total. The van der Waals surface area contributed by atoms with Crippen LogP contribution in [0.5, 0.6) is 0 Å². The van der Waals surface area contributed by atoms with E-state index in [2.05, 4.69) is 0 Å². The largest absolute Gasteiger partial charge is 0.416 e. The maximum atomic E-state index is 14.1. The second kappa shape index (κ2) is 5.06. The quantitative estimate of drug-likeness (QED) is 0.572. The SMILES string of the molecule is O=C1c2ccccc2C(=O)N1c1cc(C(F)(F)F)cc(Cl)c1F. The summed E-state index contributed by atoms with van der Waals surface area (Å²) in [4.78, 5) is 24.9. The first kappa shape index (κ1) is 15.5. The zero-order chi connectivity index (χ0) is 16.9. The zero-order valence-corrected chi connectivity index (χ0v) is 11.9. The fourth-order valence-electron chi connectivity index (χ4n) is 2.31. The van der Waals surface area contributed by atoms with Crippen molar-refractivity contribution < 1.29 is 27.2 Å². The van der Waals surface area contributed by atoms with E-state index in [9.17, 15) is 27.2 Å². The van der Waals surface area contributed by atoms with Gasteiger partial charge in [-0.3, -0.25) is 9.59 Å². The smallest absolute Gasteiger partial charge is 0.268 e. The van der Waals surface area contributed by atoms with Gasteiger partial charge >= 0.3 is 6.18 Å². The molecule has 3 nitrogen and oxygen atoms in total. The molecule has 3 rings (SSSR count). The maximum absolute atomic E-state index is 14.1. The molecule has 2 aromatic carbocycles. The third-order valence-electron chi connectivity index (χ3n) is 3.37. The summed E-state index contributed by atoms with van der Waals surface area (Å²) in [5, 5.41) is -0.827. The highest BCUT2D eigenvalue weighted by atomic mass is 35.5. The molecule has 2 amide bonds. The second-order valence-electron chi connectivity index (χ2n) is 4.78. The zero-order valence-electron chi connectivity index (χ0n) is 11.1. The Hall–Kier alpha value is -2.41. The first-order chi connectivity index (χ1) is 10.7. The summed E-state index contributed by atoms with van der Waals surface area (Å²) in [6.07, 6.45) is -4.80. The molecule has 0 spiro atoms. The minimum Gasteiger partial charge on any atom is -0.268 e. The fourth-order valence-corrected chi connectivity index (χ4v) is 2.52. The molecule has 1 aliphatic rings. The van der Waals surface area contributed by atoms with Gasteiger partial charge in [-0.25, -0.2) is 9.29 Å². The van der Waals surface area contributed by atoms with Gasteiger partial charge in [0.1, 0.15) is 0 Å². The van der Waals surface area contributed by atoms with Crippen LogP contribution in [0.3, 0.4) is 0 Å². The molecule has 1 aliphatic heterocycles. The highest BCUT2D eigenvalue weighted by molar-refractivity contribution is 6.35. The molecule has 2 aromatic rings. The molecule has 0 saturated carbocycles. The number of alkyl halides is 3. The number of fused-ring (bicyclic) bond motifs is 1. The number of hydrogen-bond donors (Lipinski definition) is 0. The number of anilines is 1. The van der Waals surface area contributed by atoms with Crippen LogP contribution in [0, 0.1) is 5.82 Å². The number of imide groups is 1. The van der Waals surface area contributed by atoms with Crippen LogP contribution >= 0.6 is 11.6 Å². The number of carbonyl (C=O) groups excluding carboxylic acids is 2. The van der Waals surface area contributed by atoms with E-state index in [4.69, 9.17) is 11.6 Å². The Morgan fingerprint density at radius 3 is 1.96 bits per heavy atom. The fraction of sp³-hybridized carbons (Fsp3) is 0.0667. The molecule has 0 aliphatic carbocycles. The Labute approximate surface area is 132 Å². The molecule has 0 bridgehead atoms. The first-order valence-electron chi connectivity index (χ1n) is 6.26. The molecule has 0 radical (unpaired) electrons. The van der Waals surface area contributed by atoms with Gasteiger partial charge in [0.25, 0.3) is 11.8 Å². The van der Waals surface area contributed by atoms with Gasteiger partial charge in [0.05, 0.1) is 27.4 Å². The molecular weight excluding hydrogens is 338 g/mol. The number of amides is 2. The average molecular weight is 344 g/mol. The van der Waals surface area contributed by atoms with Crippen molar-refractivity contribution in [2.24, 2.45) is 0 Å². The highest BCUT2D eigenvalue weighted by Gasteiger charge is 2.40. The van der Waals surface area contributed by atoms with Crippen LogP contribution in [0.15, 0.2) is 36.4 Å². The van der Waals surface area contributed by atoms with E-state index in [0.717, 1.165) is 0 Å². The Kier molecular flexibility index (Phi) is 3.40. The van der Waals surface area contributed by atoms with Crippen LogP contribution in [-0.4, -0.2) is 11.8 Å². The maximum Gasteiger partial charge on any atom is 0.416 e. The number of rotatable bonds is 1. The number of halogens is 5. The molecule has 0 atom stereocenters. The summed E-state index contributed by atoms with van der Waals surface area (Å²) >= 11 is 5.49. The standard InChI is InChI=1S/C15H6ClF4NO2/c16-10-5-7(15(18,19)20)6-11(12(10)17)21-13(22)8-3-1-2-4-9(8)14(21)23/h1-6H.